The predicted octanol–water partition coefficient (Wildman–Crippen LogP) is 6.88. The first kappa shape index (κ1) is 19.2. The molecule has 0 N–H and O–H groups in total. The molecule has 0 radical (unpaired) electrons. The zero-order chi connectivity index (χ0) is 16.9. The highest BCUT2D eigenvalue weighted by molar-refractivity contribution is 5.81. The summed E-state index contributed by atoms with van der Waals surface area (Å²) in [4.78, 5) is 3.81. The first-order valence-corrected chi connectivity index (χ1v) is 10.4. The average Bonchev–Trinajstić information content (AvgIpc) is 2.70. The molecule has 0 aliphatic heterocycles. The van der Waals surface area contributed by atoms with Gasteiger partial charge in [-0.25, -0.2) is 0 Å². The third-order valence-corrected chi connectivity index (χ3v) is 5.79. The minimum Gasteiger partial charge on any atom is -0.362 e. The third kappa shape index (κ3) is 7.18. The molecule has 0 bridgehead atoms. The van der Waals surface area contributed by atoms with Crippen LogP contribution in [-0.4, -0.2) is 10.5 Å². The van der Waals surface area contributed by atoms with Crippen molar-refractivity contribution in [3.63, 3.8) is 0 Å². The molecule has 0 aromatic heterocycles. The summed E-state index contributed by atoms with van der Waals surface area (Å²) in [6, 6.07) is 0. The van der Waals surface area contributed by atoms with E-state index >= 15 is 0 Å². The molecule has 0 fully saturated rings. The highest BCUT2D eigenvalue weighted by Gasteiger charge is 2.30. The lowest BCUT2D eigenvalue weighted by molar-refractivity contribution is -0.0203. The minimum absolute atomic E-state index is 0.506. The maximum Gasteiger partial charge on any atom is 0.272 e. The molecule has 0 amide bonds. The molecule has 0 saturated heterocycles. The summed E-state index contributed by atoms with van der Waals surface area (Å²) in [5.74, 6) is 1.22. The third-order valence-electron chi connectivity index (χ3n) is 5.79. The standard InChI is InChI=1S/C22H36N2/c23-24-22-19-15-11-7-3-6-10-14-18-21(22)20-16-12-8-4-1-2-5-9-13-17-20/h1,3-4,6,20-21H,2,5,7-19H2. The van der Waals surface area contributed by atoms with Crippen molar-refractivity contribution in [1.29, 1.82) is 0 Å². The Morgan fingerprint density at radius 2 is 1.25 bits per heavy atom. The lowest BCUT2D eigenvalue weighted by Crippen LogP contribution is -2.25. The van der Waals surface area contributed by atoms with Crippen molar-refractivity contribution in [2.75, 3.05) is 0 Å². The fourth-order valence-corrected chi connectivity index (χ4v) is 4.37. The van der Waals surface area contributed by atoms with E-state index in [4.69, 9.17) is 0 Å². The Hall–Kier alpha value is -1.14. The van der Waals surface area contributed by atoms with Gasteiger partial charge in [0.05, 0.1) is 5.92 Å². The molecule has 2 aliphatic carbocycles. The SMILES string of the molecule is [N-]=[N+]=C1CCCCC=CCCCC1C1CCCC=CCCCCC1. The zero-order valence-electron chi connectivity index (χ0n) is 15.5. The van der Waals surface area contributed by atoms with Crippen LogP contribution in [0.2, 0.25) is 0 Å². The molecule has 24 heavy (non-hydrogen) atoms. The van der Waals surface area contributed by atoms with Crippen molar-refractivity contribution in [3.05, 3.63) is 29.8 Å². The fourth-order valence-electron chi connectivity index (χ4n) is 4.37. The van der Waals surface area contributed by atoms with Gasteiger partial charge in [-0.05, 0) is 83.0 Å². The summed E-state index contributed by atoms with van der Waals surface area (Å²) in [6.07, 6.45) is 28.0. The van der Waals surface area contributed by atoms with Gasteiger partial charge in [-0.1, -0.05) is 37.1 Å². The number of nitrogens with zero attached hydrogens (tertiary/aromatic N) is 2. The fraction of sp³-hybridized carbons (Fsp3) is 0.773. The van der Waals surface area contributed by atoms with Gasteiger partial charge in [-0.3, -0.25) is 0 Å². The monoisotopic (exact) mass is 328 g/mol. The van der Waals surface area contributed by atoms with E-state index < -0.39 is 0 Å². The van der Waals surface area contributed by atoms with E-state index in [2.05, 4.69) is 29.1 Å². The van der Waals surface area contributed by atoms with E-state index in [0.29, 0.717) is 11.8 Å². The van der Waals surface area contributed by atoms with Gasteiger partial charge in [-0.2, -0.15) is 4.79 Å². The summed E-state index contributed by atoms with van der Waals surface area (Å²) in [7, 11) is 0. The van der Waals surface area contributed by atoms with Gasteiger partial charge >= 0.3 is 0 Å². The van der Waals surface area contributed by atoms with Gasteiger partial charge in [0, 0.05) is 6.42 Å². The maximum absolute atomic E-state index is 9.67. The molecular formula is C22H36N2. The topological polar surface area (TPSA) is 36.4 Å². The highest BCUT2D eigenvalue weighted by atomic mass is 14.9. The van der Waals surface area contributed by atoms with E-state index in [-0.39, 0.29) is 0 Å². The average molecular weight is 329 g/mol. The Morgan fingerprint density at radius 1 is 0.667 bits per heavy atom. The molecule has 0 aromatic rings. The van der Waals surface area contributed by atoms with Crippen molar-refractivity contribution in [3.8, 4) is 0 Å². The second kappa shape index (κ2) is 12.3. The van der Waals surface area contributed by atoms with E-state index in [1.165, 1.54) is 83.5 Å². The Morgan fingerprint density at radius 3 is 1.96 bits per heavy atom. The minimum atomic E-state index is 0.506. The Bertz CT molecular complexity index is 443. The van der Waals surface area contributed by atoms with Crippen LogP contribution in [-0.2, 0) is 0 Å². The van der Waals surface area contributed by atoms with Gasteiger partial charge in [-0.15, -0.1) is 0 Å². The van der Waals surface area contributed by atoms with Gasteiger partial charge < -0.3 is 5.53 Å². The van der Waals surface area contributed by atoms with Crippen LogP contribution in [0.25, 0.3) is 5.53 Å². The van der Waals surface area contributed by atoms with Gasteiger partial charge in [0.15, 0.2) is 0 Å². The summed E-state index contributed by atoms with van der Waals surface area (Å²) in [5, 5.41) is 0. The Balaban J connectivity index is 2.05. The lowest BCUT2D eigenvalue weighted by atomic mass is 9.77. The Kier molecular flexibility index (Phi) is 9.80. The van der Waals surface area contributed by atoms with Crippen molar-refractivity contribution < 1.29 is 4.79 Å². The van der Waals surface area contributed by atoms with Gasteiger partial charge in [0.1, 0.15) is 0 Å². The number of allylic oxidation sites excluding steroid dienone is 4. The van der Waals surface area contributed by atoms with E-state index in [1.54, 1.807) is 0 Å². The van der Waals surface area contributed by atoms with Crippen LogP contribution in [0.5, 0.6) is 0 Å². The predicted molar refractivity (Wildman–Crippen MR) is 103 cm³/mol. The second-order valence-corrected chi connectivity index (χ2v) is 7.65. The molecule has 2 rings (SSSR count). The van der Waals surface area contributed by atoms with E-state index in [0.717, 1.165) is 18.6 Å². The van der Waals surface area contributed by atoms with Crippen LogP contribution in [0, 0.1) is 11.8 Å². The van der Waals surface area contributed by atoms with Crippen molar-refractivity contribution in [2.24, 2.45) is 11.8 Å². The largest absolute Gasteiger partial charge is 0.362 e. The molecule has 2 unspecified atom stereocenters. The lowest BCUT2D eigenvalue weighted by Gasteiger charge is -2.24. The van der Waals surface area contributed by atoms with Crippen LogP contribution in [0.1, 0.15) is 96.3 Å². The van der Waals surface area contributed by atoms with E-state index in [1.807, 2.05) is 0 Å². The molecule has 2 atom stereocenters. The molecule has 2 nitrogen and oxygen atoms in total. The van der Waals surface area contributed by atoms with E-state index in [9.17, 15) is 5.53 Å². The summed E-state index contributed by atoms with van der Waals surface area (Å²) in [5.41, 5.74) is 10.8. The molecule has 0 saturated carbocycles. The second-order valence-electron chi connectivity index (χ2n) is 7.65. The molecule has 2 heteroatoms. The van der Waals surface area contributed by atoms with Crippen LogP contribution in [0.4, 0.5) is 0 Å². The number of hydrogen-bond acceptors (Lipinski definition) is 0. The molecule has 2 aliphatic rings. The van der Waals surface area contributed by atoms with Crippen molar-refractivity contribution in [1.82, 2.24) is 0 Å². The summed E-state index contributed by atoms with van der Waals surface area (Å²) < 4.78 is 0. The van der Waals surface area contributed by atoms with Crippen LogP contribution in [0.3, 0.4) is 0 Å². The van der Waals surface area contributed by atoms with Crippen LogP contribution >= 0.6 is 0 Å². The summed E-state index contributed by atoms with van der Waals surface area (Å²) >= 11 is 0. The van der Waals surface area contributed by atoms with Crippen molar-refractivity contribution in [2.45, 2.75) is 96.3 Å². The highest BCUT2D eigenvalue weighted by Crippen LogP contribution is 2.32. The normalized spacial score (nSPS) is 28.4. The molecule has 0 heterocycles. The molecule has 0 spiro atoms. The number of hydrogen-bond donors (Lipinski definition) is 0. The van der Waals surface area contributed by atoms with Crippen LogP contribution < -0.4 is 0 Å². The molecular weight excluding hydrogens is 292 g/mol. The van der Waals surface area contributed by atoms with Gasteiger partial charge in [0.25, 0.3) is 5.71 Å². The zero-order valence-corrected chi connectivity index (χ0v) is 15.5. The number of rotatable bonds is 1. The van der Waals surface area contributed by atoms with Crippen LogP contribution in [0.15, 0.2) is 24.3 Å². The molecule has 0 aromatic carbocycles. The maximum atomic E-state index is 9.67. The quantitative estimate of drug-likeness (QED) is 0.286. The summed E-state index contributed by atoms with van der Waals surface area (Å²) in [6.45, 7) is 0. The first-order chi connectivity index (χ1) is 11.9. The Labute approximate surface area is 149 Å². The smallest absolute Gasteiger partial charge is 0.272 e. The van der Waals surface area contributed by atoms with Crippen molar-refractivity contribution >= 4 is 5.71 Å². The first-order valence-electron chi connectivity index (χ1n) is 10.4. The van der Waals surface area contributed by atoms with Gasteiger partial charge in [0.2, 0.25) is 0 Å². The molecule has 134 valence electrons.